The van der Waals surface area contributed by atoms with E-state index in [0.29, 0.717) is 0 Å². The number of hydrogen-bond donors (Lipinski definition) is 2. The lowest BCUT2D eigenvalue weighted by molar-refractivity contribution is -0.387. The molecular formula is C11H13FN2O5. The third-order valence-corrected chi connectivity index (χ3v) is 2.26. The molecule has 2 N–H and O–H groups in total. The van der Waals surface area contributed by atoms with Crippen LogP contribution in [0.4, 0.5) is 10.1 Å². The molecular weight excluding hydrogens is 259 g/mol. The van der Waals surface area contributed by atoms with Crippen LogP contribution in [0.1, 0.15) is 10.4 Å². The molecule has 0 saturated heterocycles. The normalized spacial score (nSPS) is 11.9. The van der Waals surface area contributed by atoms with E-state index in [1.807, 2.05) is 0 Å². The van der Waals surface area contributed by atoms with Crippen LogP contribution in [0, 0.1) is 15.9 Å². The average Bonchev–Trinajstić information content (AvgIpc) is 2.35. The van der Waals surface area contributed by atoms with Gasteiger partial charge in [-0.15, -0.1) is 0 Å². The number of benzene rings is 1. The van der Waals surface area contributed by atoms with Crippen molar-refractivity contribution in [1.29, 1.82) is 0 Å². The first-order chi connectivity index (χ1) is 8.95. The summed E-state index contributed by atoms with van der Waals surface area (Å²) in [5.74, 6) is -1.72. The summed E-state index contributed by atoms with van der Waals surface area (Å²) < 4.78 is 18.0. The van der Waals surface area contributed by atoms with Crippen molar-refractivity contribution < 1.29 is 24.0 Å². The van der Waals surface area contributed by atoms with Crippen LogP contribution in [0.5, 0.6) is 0 Å². The van der Waals surface area contributed by atoms with Gasteiger partial charge in [0.15, 0.2) is 0 Å². The molecule has 0 spiro atoms. The van der Waals surface area contributed by atoms with Crippen LogP contribution in [0.3, 0.4) is 0 Å². The third-order valence-electron chi connectivity index (χ3n) is 2.26. The van der Waals surface area contributed by atoms with Crippen LogP contribution in [0.2, 0.25) is 0 Å². The molecule has 0 saturated carbocycles. The quantitative estimate of drug-likeness (QED) is 0.579. The molecule has 0 bridgehead atoms. The van der Waals surface area contributed by atoms with Crippen molar-refractivity contribution >= 4 is 11.6 Å². The van der Waals surface area contributed by atoms with Crippen molar-refractivity contribution in [2.45, 2.75) is 6.10 Å². The van der Waals surface area contributed by atoms with Crippen LogP contribution in [-0.4, -0.2) is 42.3 Å². The molecule has 0 heterocycles. The van der Waals surface area contributed by atoms with Gasteiger partial charge in [0.1, 0.15) is 0 Å². The van der Waals surface area contributed by atoms with Crippen LogP contribution < -0.4 is 5.32 Å². The van der Waals surface area contributed by atoms with E-state index in [-0.39, 0.29) is 18.7 Å². The second-order valence-corrected chi connectivity index (χ2v) is 3.74. The number of amides is 1. The lowest BCUT2D eigenvalue weighted by Gasteiger charge is -2.10. The number of nitro benzene ring substituents is 1. The highest BCUT2D eigenvalue weighted by molar-refractivity contribution is 5.94. The van der Waals surface area contributed by atoms with Crippen LogP contribution in [-0.2, 0) is 4.74 Å². The highest BCUT2D eigenvalue weighted by Crippen LogP contribution is 2.17. The summed E-state index contributed by atoms with van der Waals surface area (Å²) in [5.41, 5.74) is -0.760. The molecule has 0 aliphatic rings. The number of ether oxygens (including phenoxy) is 1. The third kappa shape index (κ3) is 4.27. The smallest absolute Gasteiger partial charge is 0.304 e. The minimum Gasteiger partial charge on any atom is -0.389 e. The average molecular weight is 272 g/mol. The minimum absolute atomic E-state index is 0.0505. The first kappa shape index (κ1) is 15.0. The second kappa shape index (κ2) is 6.76. The summed E-state index contributed by atoms with van der Waals surface area (Å²) in [7, 11) is 1.40. The van der Waals surface area contributed by atoms with Crippen molar-refractivity contribution in [1.82, 2.24) is 5.32 Å². The van der Waals surface area contributed by atoms with E-state index < -0.39 is 28.4 Å². The monoisotopic (exact) mass is 272 g/mol. The first-order valence-corrected chi connectivity index (χ1v) is 5.35. The van der Waals surface area contributed by atoms with Gasteiger partial charge in [0.2, 0.25) is 5.82 Å². The Morgan fingerprint density at radius 2 is 2.32 bits per heavy atom. The van der Waals surface area contributed by atoms with Gasteiger partial charge in [-0.3, -0.25) is 14.9 Å². The summed E-state index contributed by atoms with van der Waals surface area (Å²) in [6.45, 7) is -0.0137. The Bertz CT molecular complexity index is 480. The van der Waals surface area contributed by atoms with E-state index in [4.69, 9.17) is 0 Å². The molecule has 0 aliphatic carbocycles. The Morgan fingerprint density at radius 1 is 1.63 bits per heavy atom. The summed E-state index contributed by atoms with van der Waals surface area (Å²) in [4.78, 5) is 21.1. The molecule has 1 aromatic rings. The number of rotatable bonds is 6. The zero-order valence-corrected chi connectivity index (χ0v) is 10.1. The van der Waals surface area contributed by atoms with Crippen molar-refractivity contribution in [2.75, 3.05) is 20.3 Å². The van der Waals surface area contributed by atoms with Gasteiger partial charge in [0.05, 0.1) is 17.6 Å². The minimum atomic E-state index is -1.09. The Labute approximate surface area is 108 Å². The fraction of sp³-hybridized carbons (Fsp3) is 0.364. The highest BCUT2D eigenvalue weighted by Gasteiger charge is 2.17. The molecule has 0 aromatic heterocycles. The molecule has 1 aromatic carbocycles. The lowest BCUT2D eigenvalue weighted by Crippen LogP contribution is -2.34. The maximum atomic E-state index is 13.3. The predicted molar refractivity (Wildman–Crippen MR) is 63.3 cm³/mol. The summed E-state index contributed by atoms with van der Waals surface area (Å²) >= 11 is 0. The fourth-order valence-electron chi connectivity index (χ4n) is 1.36. The van der Waals surface area contributed by atoms with Crippen molar-refractivity contribution in [3.8, 4) is 0 Å². The number of methoxy groups -OCH3 is 1. The number of nitrogens with one attached hydrogen (secondary N) is 1. The van der Waals surface area contributed by atoms with Gasteiger partial charge >= 0.3 is 5.69 Å². The predicted octanol–water partition coefficient (Wildman–Crippen LogP) is 0.471. The van der Waals surface area contributed by atoms with Gasteiger partial charge in [-0.25, -0.2) is 0 Å². The Hall–Kier alpha value is -2.06. The number of aliphatic hydroxyl groups is 1. The molecule has 104 valence electrons. The number of carbonyl (C=O) groups is 1. The second-order valence-electron chi connectivity index (χ2n) is 3.74. The molecule has 8 heteroatoms. The van der Waals surface area contributed by atoms with Gasteiger partial charge in [-0.2, -0.15) is 4.39 Å². The largest absolute Gasteiger partial charge is 0.389 e. The molecule has 7 nitrogen and oxygen atoms in total. The Balaban J connectivity index is 2.68. The van der Waals surface area contributed by atoms with Crippen molar-refractivity contribution in [3.63, 3.8) is 0 Å². The van der Waals surface area contributed by atoms with Gasteiger partial charge in [0, 0.05) is 25.3 Å². The highest BCUT2D eigenvalue weighted by atomic mass is 19.1. The van der Waals surface area contributed by atoms with E-state index >= 15 is 0 Å². The number of nitrogens with zero attached hydrogens (tertiary/aromatic N) is 1. The molecule has 1 rings (SSSR count). The number of aliphatic hydroxyl groups excluding tert-OH is 1. The molecule has 1 unspecified atom stereocenters. The Morgan fingerprint density at radius 3 is 2.84 bits per heavy atom. The van der Waals surface area contributed by atoms with E-state index in [2.05, 4.69) is 10.1 Å². The summed E-state index contributed by atoms with van der Waals surface area (Å²) in [6.07, 6.45) is -0.878. The molecule has 0 fully saturated rings. The van der Waals surface area contributed by atoms with Crippen molar-refractivity contribution in [3.05, 3.63) is 39.7 Å². The number of hydrogen-bond acceptors (Lipinski definition) is 5. The molecule has 1 atom stereocenters. The standard InChI is InChI=1S/C11H13FN2O5/c1-19-6-8(15)5-13-11(16)7-2-3-10(14(17)18)9(12)4-7/h2-4,8,15H,5-6H2,1H3,(H,13,16). The summed E-state index contributed by atoms with van der Waals surface area (Å²) in [6, 6.07) is 2.82. The van der Waals surface area contributed by atoms with E-state index in [9.17, 15) is 24.4 Å². The van der Waals surface area contributed by atoms with Crippen molar-refractivity contribution in [2.24, 2.45) is 0 Å². The topological polar surface area (TPSA) is 102 Å². The Kier molecular flexibility index (Phi) is 5.34. The van der Waals surface area contributed by atoms with Gasteiger partial charge < -0.3 is 15.2 Å². The molecule has 0 radical (unpaired) electrons. The van der Waals surface area contributed by atoms with Gasteiger partial charge in [-0.05, 0) is 12.1 Å². The van der Waals surface area contributed by atoms with Crippen LogP contribution in [0.25, 0.3) is 0 Å². The molecule has 19 heavy (non-hydrogen) atoms. The number of carbonyl (C=O) groups excluding carboxylic acids is 1. The van der Waals surface area contributed by atoms with E-state index in [1.54, 1.807) is 0 Å². The number of nitro groups is 1. The molecule has 0 aliphatic heterocycles. The zero-order valence-electron chi connectivity index (χ0n) is 10.1. The molecule has 1 amide bonds. The fourth-order valence-corrected chi connectivity index (χ4v) is 1.36. The van der Waals surface area contributed by atoms with Crippen LogP contribution in [0.15, 0.2) is 18.2 Å². The summed E-state index contributed by atoms with van der Waals surface area (Å²) in [5, 5.41) is 22.1. The number of halogens is 1. The van der Waals surface area contributed by atoms with E-state index in [1.165, 1.54) is 7.11 Å². The van der Waals surface area contributed by atoms with E-state index in [0.717, 1.165) is 18.2 Å². The maximum Gasteiger partial charge on any atom is 0.304 e. The van der Waals surface area contributed by atoms with Gasteiger partial charge in [-0.1, -0.05) is 0 Å². The first-order valence-electron chi connectivity index (χ1n) is 5.35. The van der Waals surface area contributed by atoms with Crippen LogP contribution >= 0.6 is 0 Å². The van der Waals surface area contributed by atoms with Gasteiger partial charge in [0.25, 0.3) is 5.91 Å². The maximum absolute atomic E-state index is 13.3. The lowest BCUT2D eigenvalue weighted by atomic mass is 10.2. The zero-order chi connectivity index (χ0) is 14.4. The SMILES string of the molecule is COCC(O)CNC(=O)c1ccc([N+](=O)[O-])c(F)c1.